The largest absolute Gasteiger partial charge is 0.384 e. The molecule has 1 aromatic rings. The molecular weight excluding hydrogens is 186 g/mol. The number of hydrogen-bond acceptors (Lipinski definition) is 3. The zero-order valence-corrected chi connectivity index (χ0v) is 10.1. The van der Waals surface area contributed by atoms with E-state index >= 15 is 0 Å². The highest BCUT2D eigenvalue weighted by molar-refractivity contribution is 5.51. The lowest BCUT2D eigenvalue weighted by Gasteiger charge is -2.23. The Morgan fingerprint density at radius 1 is 1.40 bits per heavy atom. The van der Waals surface area contributed by atoms with Gasteiger partial charge in [0.2, 0.25) is 0 Å². The highest BCUT2D eigenvalue weighted by atomic mass is 15.0. The number of hydrogen-bond donors (Lipinski definition) is 2. The maximum absolute atomic E-state index is 4.17. The van der Waals surface area contributed by atoms with Crippen molar-refractivity contribution in [3.8, 4) is 0 Å². The Hall–Kier alpha value is -1.25. The molecule has 0 atom stereocenters. The lowest BCUT2D eigenvalue weighted by atomic mass is 9.90. The quantitative estimate of drug-likeness (QED) is 0.779. The van der Waals surface area contributed by atoms with E-state index in [2.05, 4.69) is 36.4 Å². The van der Waals surface area contributed by atoms with E-state index in [0.717, 1.165) is 18.1 Å². The fourth-order valence-electron chi connectivity index (χ4n) is 1.14. The van der Waals surface area contributed by atoms with Crippen LogP contribution in [0, 0.1) is 5.41 Å². The minimum atomic E-state index is 0.336. The molecule has 0 bridgehead atoms. The Bertz CT molecular complexity index is 307. The molecule has 1 heterocycles. The summed E-state index contributed by atoms with van der Waals surface area (Å²) in [5, 5.41) is 6.46. The summed E-state index contributed by atoms with van der Waals surface area (Å²) in [6.07, 6.45) is 2.98. The van der Waals surface area contributed by atoms with Gasteiger partial charge in [-0.15, -0.1) is 0 Å². The fraction of sp³-hybridized carbons (Fsp3) is 0.583. The minimum Gasteiger partial charge on any atom is -0.384 e. The molecule has 3 heteroatoms. The highest BCUT2D eigenvalue weighted by Gasteiger charge is 2.14. The second kappa shape index (κ2) is 5.01. The van der Waals surface area contributed by atoms with E-state index in [0.29, 0.717) is 5.41 Å². The van der Waals surface area contributed by atoms with Crippen LogP contribution < -0.4 is 10.6 Å². The van der Waals surface area contributed by atoms with Crippen molar-refractivity contribution < 1.29 is 0 Å². The van der Waals surface area contributed by atoms with E-state index in [9.17, 15) is 0 Å². The van der Waals surface area contributed by atoms with Gasteiger partial charge < -0.3 is 10.6 Å². The summed E-state index contributed by atoms with van der Waals surface area (Å²) in [6.45, 7) is 7.73. The Labute approximate surface area is 92.3 Å². The van der Waals surface area contributed by atoms with Crippen molar-refractivity contribution in [2.45, 2.75) is 27.2 Å². The molecule has 0 aliphatic rings. The molecule has 2 N–H and O–H groups in total. The molecule has 0 saturated carbocycles. The van der Waals surface area contributed by atoms with Crippen LogP contribution in [0.25, 0.3) is 0 Å². The van der Waals surface area contributed by atoms with Crippen LogP contribution in [0.15, 0.2) is 18.3 Å². The fourth-order valence-corrected chi connectivity index (χ4v) is 1.14. The Balaban J connectivity index is 2.57. The maximum atomic E-state index is 4.17. The second-order valence-corrected chi connectivity index (χ2v) is 4.55. The molecule has 0 aliphatic carbocycles. The van der Waals surface area contributed by atoms with Crippen LogP contribution in [0.1, 0.15) is 27.2 Å². The predicted octanol–water partition coefficient (Wildman–Crippen LogP) is 2.97. The molecule has 3 nitrogen and oxygen atoms in total. The van der Waals surface area contributed by atoms with Crippen LogP contribution in [-0.4, -0.2) is 18.6 Å². The third-order valence-electron chi connectivity index (χ3n) is 2.74. The van der Waals surface area contributed by atoms with E-state index in [1.54, 1.807) is 0 Å². The lowest BCUT2D eigenvalue weighted by Crippen LogP contribution is -2.22. The van der Waals surface area contributed by atoms with Crippen molar-refractivity contribution in [1.29, 1.82) is 0 Å². The van der Waals surface area contributed by atoms with Crippen molar-refractivity contribution in [3.05, 3.63) is 18.3 Å². The second-order valence-electron chi connectivity index (χ2n) is 4.55. The van der Waals surface area contributed by atoms with E-state index in [1.165, 1.54) is 6.42 Å². The van der Waals surface area contributed by atoms with E-state index in [-0.39, 0.29) is 0 Å². The number of rotatable bonds is 5. The van der Waals surface area contributed by atoms with E-state index in [4.69, 9.17) is 0 Å². The van der Waals surface area contributed by atoms with Gasteiger partial charge in [-0.25, -0.2) is 4.98 Å². The summed E-state index contributed by atoms with van der Waals surface area (Å²) in [5.74, 6) is 0.898. The minimum absolute atomic E-state index is 0.336. The van der Waals surface area contributed by atoms with Crippen LogP contribution in [-0.2, 0) is 0 Å². The van der Waals surface area contributed by atoms with Gasteiger partial charge >= 0.3 is 0 Å². The van der Waals surface area contributed by atoms with E-state index < -0.39 is 0 Å². The van der Waals surface area contributed by atoms with Gasteiger partial charge in [0.25, 0.3) is 0 Å². The van der Waals surface area contributed by atoms with Crippen LogP contribution in [0.3, 0.4) is 0 Å². The van der Waals surface area contributed by atoms with Gasteiger partial charge in [0.05, 0.1) is 0 Å². The molecule has 0 fully saturated rings. The Morgan fingerprint density at radius 2 is 2.13 bits per heavy atom. The van der Waals surface area contributed by atoms with Crippen molar-refractivity contribution in [3.63, 3.8) is 0 Å². The molecule has 1 aromatic heterocycles. The van der Waals surface area contributed by atoms with Gasteiger partial charge in [-0.05, 0) is 17.9 Å². The van der Waals surface area contributed by atoms with Crippen LogP contribution in [0.5, 0.6) is 0 Å². The summed E-state index contributed by atoms with van der Waals surface area (Å²) in [5.41, 5.74) is 1.46. The van der Waals surface area contributed by atoms with Crippen LogP contribution >= 0.6 is 0 Å². The Morgan fingerprint density at radius 3 is 2.73 bits per heavy atom. The molecule has 1 rings (SSSR count). The van der Waals surface area contributed by atoms with Gasteiger partial charge in [0, 0.05) is 31.5 Å². The first kappa shape index (κ1) is 11.8. The third kappa shape index (κ3) is 3.78. The molecule has 0 saturated heterocycles. The molecule has 0 unspecified atom stereocenters. The van der Waals surface area contributed by atoms with Gasteiger partial charge in [0.1, 0.15) is 5.82 Å². The van der Waals surface area contributed by atoms with Crippen molar-refractivity contribution in [2.24, 2.45) is 5.41 Å². The number of aromatic nitrogens is 1. The topological polar surface area (TPSA) is 37.0 Å². The zero-order chi connectivity index (χ0) is 11.3. The number of anilines is 2. The summed E-state index contributed by atoms with van der Waals surface area (Å²) >= 11 is 0. The molecule has 0 aromatic carbocycles. The number of nitrogens with zero attached hydrogens (tertiary/aromatic N) is 1. The third-order valence-corrected chi connectivity index (χ3v) is 2.74. The van der Waals surface area contributed by atoms with Gasteiger partial charge in [-0.2, -0.15) is 0 Å². The van der Waals surface area contributed by atoms with Crippen LogP contribution in [0.4, 0.5) is 11.5 Å². The molecular formula is C12H21N3. The van der Waals surface area contributed by atoms with E-state index in [1.807, 2.05) is 25.4 Å². The highest BCUT2D eigenvalue weighted by Crippen LogP contribution is 2.21. The molecule has 0 aliphatic heterocycles. The van der Waals surface area contributed by atoms with Gasteiger partial charge in [0.15, 0.2) is 0 Å². The molecule has 0 amide bonds. The molecule has 84 valence electrons. The Kier molecular flexibility index (Phi) is 3.95. The molecule has 15 heavy (non-hydrogen) atoms. The number of nitrogens with one attached hydrogen (secondary N) is 2. The lowest BCUT2D eigenvalue weighted by molar-refractivity contribution is 0.377. The first-order valence-corrected chi connectivity index (χ1v) is 5.45. The summed E-state index contributed by atoms with van der Waals surface area (Å²) < 4.78 is 0. The maximum Gasteiger partial charge on any atom is 0.127 e. The first-order valence-electron chi connectivity index (χ1n) is 5.45. The standard InChI is InChI=1S/C12H21N3/c1-5-12(2,3)9-15-10-6-7-14-11(8-10)13-4/h6-8H,5,9H2,1-4H3,(H2,13,14,15). The normalized spacial score (nSPS) is 11.2. The van der Waals surface area contributed by atoms with Gasteiger partial charge in [-0.3, -0.25) is 0 Å². The summed E-state index contributed by atoms with van der Waals surface area (Å²) in [4.78, 5) is 4.17. The average molecular weight is 207 g/mol. The smallest absolute Gasteiger partial charge is 0.127 e. The van der Waals surface area contributed by atoms with Crippen molar-refractivity contribution in [1.82, 2.24) is 4.98 Å². The monoisotopic (exact) mass is 207 g/mol. The zero-order valence-electron chi connectivity index (χ0n) is 10.1. The summed E-state index contributed by atoms with van der Waals surface area (Å²) in [7, 11) is 1.88. The first-order chi connectivity index (χ1) is 7.07. The van der Waals surface area contributed by atoms with Crippen LogP contribution in [0.2, 0.25) is 0 Å². The summed E-state index contributed by atoms with van der Waals surface area (Å²) in [6, 6.07) is 4.01. The molecule has 0 spiro atoms. The van der Waals surface area contributed by atoms with Crippen molar-refractivity contribution in [2.75, 3.05) is 24.2 Å². The van der Waals surface area contributed by atoms with Crippen molar-refractivity contribution >= 4 is 11.5 Å². The van der Waals surface area contributed by atoms with Gasteiger partial charge in [-0.1, -0.05) is 20.8 Å². The number of pyridine rings is 1. The average Bonchev–Trinajstić information content (AvgIpc) is 2.27. The predicted molar refractivity (Wildman–Crippen MR) is 66.3 cm³/mol. The molecule has 0 radical (unpaired) electrons. The SMILES string of the molecule is CCC(C)(C)CNc1ccnc(NC)c1.